The van der Waals surface area contributed by atoms with Crippen molar-refractivity contribution in [2.75, 3.05) is 6.61 Å². The Morgan fingerprint density at radius 3 is 2.11 bits per heavy atom. The van der Waals surface area contributed by atoms with Crippen molar-refractivity contribution < 1.29 is 55.4 Å². The average Bonchev–Trinajstić information content (AvgIpc) is 3.36. The van der Waals surface area contributed by atoms with Crippen LogP contribution >= 0.6 is 0 Å². The van der Waals surface area contributed by atoms with E-state index in [0.29, 0.717) is 32.1 Å². The topological polar surface area (TPSA) is 201 Å². The van der Waals surface area contributed by atoms with Gasteiger partial charge < -0.3 is 55.4 Å². The van der Waals surface area contributed by atoms with Crippen molar-refractivity contribution in [3.05, 3.63) is 0 Å². The standard InChI is InChI=1S/C36H64O11/c1-31(2)23(39)10-12-33(5)22-15-19(38)25-18(36(8,45)14-11-24(40)32(3,4)44)9-13-34(25,6)35(22,7)16-20(29(31)33)46-30-28(43)27(42)26(41)21(17-37)47-30/h18-30,37-45H,9-17H2,1-8H3/t18-,19?,20?,21+,22+,23?,24?,25-,26+,27-,28+,29-,30+,33+,34+,35+,36-/m0/s1. The molecule has 0 bridgehead atoms. The Bertz CT molecular complexity index is 1120. The molecule has 5 aliphatic rings. The number of fused-ring (bicyclic) bond motifs is 5. The predicted octanol–water partition coefficient (Wildman–Crippen LogP) is 1.46. The largest absolute Gasteiger partial charge is 0.394 e. The van der Waals surface area contributed by atoms with Gasteiger partial charge >= 0.3 is 0 Å². The fourth-order valence-electron chi connectivity index (χ4n) is 12.0. The highest BCUT2D eigenvalue weighted by Crippen LogP contribution is 2.76. The van der Waals surface area contributed by atoms with E-state index in [9.17, 15) is 46.0 Å². The predicted molar refractivity (Wildman–Crippen MR) is 173 cm³/mol. The van der Waals surface area contributed by atoms with Crippen LogP contribution in [-0.2, 0) is 9.47 Å². The van der Waals surface area contributed by atoms with Crippen LogP contribution in [0.5, 0.6) is 0 Å². The molecule has 4 aliphatic carbocycles. The second kappa shape index (κ2) is 12.4. The fraction of sp³-hybridized carbons (Fsp3) is 1.00. The normalized spacial score (nSPS) is 51.8. The molecule has 47 heavy (non-hydrogen) atoms. The Morgan fingerprint density at radius 2 is 1.51 bits per heavy atom. The summed E-state index contributed by atoms with van der Waals surface area (Å²) in [6.07, 6.45) is -5.58. The van der Waals surface area contributed by atoms with Gasteiger partial charge in [-0.3, -0.25) is 0 Å². The summed E-state index contributed by atoms with van der Waals surface area (Å²) in [5, 5.41) is 98.1. The van der Waals surface area contributed by atoms with Crippen LogP contribution < -0.4 is 0 Å². The number of aliphatic hydroxyl groups excluding tert-OH is 7. The van der Waals surface area contributed by atoms with E-state index in [0.717, 1.165) is 6.42 Å². The maximum Gasteiger partial charge on any atom is 0.186 e. The van der Waals surface area contributed by atoms with Crippen LogP contribution in [0, 0.1) is 45.3 Å². The number of ether oxygens (including phenoxy) is 2. The smallest absolute Gasteiger partial charge is 0.186 e. The monoisotopic (exact) mass is 672 g/mol. The lowest BCUT2D eigenvalue weighted by atomic mass is 9.34. The highest BCUT2D eigenvalue weighted by atomic mass is 16.7. The summed E-state index contributed by atoms with van der Waals surface area (Å²) in [4.78, 5) is 0. The van der Waals surface area contributed by atoms with Gasteiger partial charge in [0.05, 0.1) is 42.2 Å². The van der Waals surface area contributed by atoms with E-state index in [1.807, 2.05) is 13.8 Å². The van der Waals surface area contributed by atoms with E-state index in [4.69, 9.17) is 9.47 Å². The second-order valence-electron chi connectivity index (χ2n) is 18.4. The molecule has 4 unspecified atom stereocenters. The summed E-state index contributed by atoms with van der Waals surface area (Å²) in [6.45, 7) is 15.2. The van der Waals surface area contributed by atoms with Gasteiger partial charge in [0, 0.05) is 0 Å². The zero-order valence-corrected chi connectivity index (χ0v) is 29.7. The van der Waals surface area contributed by atoms with Crippen LogP contribution in [-0.4, -0.2) is 119 Å². The molecule has 5 rings (SSSR count). The van der Waals surface area contributed by atoms with E-state index in [2.05, 4.69) is 20.8 Å². The van der Waals surface area contributed by atoms with Crippen molar-refractivity contribution in [2.24, 2.45) is 45.3 Å². The van der Waals surface area contributed by atoms with Crippen molar-refractivity contribution in [1.29, 1.82) is 0 Å². The Morgan fingerprint density at radius 1 is 0.872 bits per heavy atom. The maximum atomic E-state index is 12.1. The third kappa shape index (κ3) is 5.85. The molecule has 17 atom stereocenters. The molecule has 1 heterocycles. The van der Waals surface area contributed by atoms with E-state index in [-0.39, 0.29) is 41.9 Å². The van der Waals surface area contributed by atoms with Crippen molar-refractivity contribution in [1.82, 2.24) is 0 Å². The lowest BCUT2D eigenvalue weighted by Gasteiger charge is -2.72. The molecule has 1 saturated heterocycles. The van der Waals surface area contributed by atoms with Crippen molar-refractivity contribution in [3.63, 3.8) is 0 Å². The summed E-state index contributed by atoms with van der Waals surface area (Å²) in [7, 11) is 0. The Kier molecular flexibility index (Phi) is 9.94. The SMILES string of the molecule is CC(C)(O)C(O)CC[C@](C)(O)[C@H]1CC[C@]2(C)[C@@H]1C(O)C[C@@H]1[C@@]3(C)CCC(O)C(C)(C)[C@@H]3C(O[C@@H]3O[C@H](CO)[C@@H](O)[C@H](O)[C@H]3O)C[C@]12C. The van der Waals surface area contributed by atoms with Crippen molar-refractivity contribution in [3.8, 4) is 0 Å². The van der Waals surface area contributed by atoms with Crippen molar-refractivity contribution in [2.45, 2.75) is 173 Å². The van der Waals surface area contributed by atoms with Gasteiger partial charge in [-0.15, -0.1) is 0 Å². The zero-order valence-electron chi connectivity index (χ0n) is 29.7. The first kappa shape index (κ1) is 37.8. The first-order valence-electron chi connectivity index (χ1n) is 17.9. The molecule has 4 saturated carbocycles. The molecule has 11 nitrogen and oxygen atoms in total. The minimum atomic E-state index is -1.58. The highest BCUT2D eigenvalue weighted by Gasteiger charge is 2.73. The maximum absolute atomic E-state index is 12.1. The summed E-state index contributed by atoms with van der Waals surface area (Å²) < 4.78 is 12.6. The average molecular weight is 673 g/mol. The fourth-order valence-corrected chi connectivity index (χ4v) is 12.0. The van der Waals surface area contributed by atoms with Gasteiger partial charge in [-0.2, -0.15) is 0 Å². The van der Waals surface area contributed by atoms with Gasteiger partial charge in [-0.25, -0.2) is 0 Å². The minimum absolute atomic E-state index is 0.0541. The molecular formula is C36H64O11. The zero-order chi connectivity index (χ0) is 35.3. The van der Waals surface area contributed by atoms with Crippen LogP contribution in [0.4, 0.5) is 0 Å². The van der Waals surface area contributed by atoms with Gasteiger partial charge in [-0.05, 0) is 117 Å². The summed E-state index contributed by atoms with van der Waals surface area (Å²) in [5.74, 6) is -0.638. The van der Waals surface area contributed by atoms with E-state index < -0.39 is 89.2 Å². The summed E-state index contributed by atoms with van der Waals surface area (Å²) >= 11 is 0. The number of hydrogen-bond donors (Lipinski definition) is 9. The quantitative estimate of drug-likeness (QED) is 0.169. The summed E-state index contributed by atoms with van der Waals surface area (Å²) in [6, 6.07) is 0. The number of hydrogen-bond acceptors (Lipinski definition) is 11. The van der Waals surface area contributed by atoms with Gasteiger partial charge in [0.2, 0.25) is 0 Å². The van der Waals surface area contributed by atoms with Gasteiger partial charge in [-0.1, -0.05) is 34.6 Å². The number of aliphatic hydroxyl groups is 9. The van der Waals surface area contributed by atoms with Crippen LogP contribution in [0.1, 0.15) is 107 Å². The van der Waals surface area contributed by atoms with Crippen molar-refractivity contribution >= 4 is 0 Å². The second-order valence-corrected chi connectivity index (χ2v) is 18.4. The molecule has 0 amide bonds. The molecule has 0 spiro atoms. The Labute approximate surface area is 280 Å². The molecule has 0 aromatic carbocycles. The molecule has 0 aromatic heterocycles. The highest BCUT2D eigenvalue weighted by molar-refractivity contribution is 5.22. The summed E-state index contributed by atoms with van der Waals surface area (Å²) in [5.41, 5.74) is -4.31. The first-order chi connectivity index (χ1) is 21.5. The first-order valence-corrected chi connectivity index (χ1v) is 17.9. The molecule has 0 radical (unpaired) electrons. The third-order valence-corrected chi connectivity index (χ3v) is 14.9. The Hall–Kier alpha value is -0.440. The van der Waals surface area contributed by atoms with E-state index in [1.165, 1.54) is 0 Å². The van der Waals surface area contributed by atoms with Gasteiger partial charge in [0.1, 0.15) is 24.4 Å². The Balaban J connectivity index is 1.52. The third-order valence-electron chi connectivity index (χ3n) is 14.9. The van der Waals surface area contributed by atoms with E-state index in [1.54, 1.807) is 20.8 Å². The lowest BCUT2D eigenvalue weighted by molar-refractivity contribution is -0.346. The molecule has 274 valence electrons. The van der Waals surface area contributed by atoms with Crippen LogP contribution in [0.15, 0.2) is 0 Å². The van der Waals surface area contributed by atoms with Gasteiger partial charge in [0.15, 0.2) is 6.29 Å². The van der Waals surface area contributed by atoms with Crippen LogP contribution in [0.3, 0.4) is 0 Å². The lowest BCUT2D eigenvalue weighted by Crippen LogP contribution is -2.71. The molecule has 0 aromatic rings. The molecule has 11 heteroatoms. The molecule has 9 N–H and O–H groups in total. The molecular weight excluding hydrogens is 608 g/mol. The molecule has 1 aliphatic heterocycles. The van der Waals surface area contributed by atoms with E-state index >= 15 is 0 Å². The van der Waals surface area contributed by atoms with Gasteiger partial charge in [0.25, 0.3) is 0 Å². The molecule has 5 fully saturated rings. The van der Waals surface area contributed by atoms with Crippen LogP contribution in [0.25, 0.3) is 0 Å². The minimum Gasteiger partial charge on any atom is -0.394 e. The van der Waals surface area contributed by atoms with Crippen LogP contribution in [0.2, 0.25) is 0 Å². The number of rotatable bonds is 8.